The van der Waals surface area contributed by atoms with Gasteiger partial charge in [-0.25, -0.2) is 0 Å². The van der Waals surface area contributed by atoms with Gasteiger partial charge in [-0.2, -0.15) is 4.98 Å². The van der Waals surface area contributed by atoms with Crippen molar-refractivity contribution in [3.8, 4) is 5.88 Å². The molecule has 1 aliphatic rings. The first kappa shape index (κ1) is 8.35. The zero-order valence-corrected chi connectivity index (χ0v) is 7.84. The van der Waals surface area contributed by atoms with Crippen LogP contribution in [0.25, 0.3) is 0 Å². The fourth-order valence-corrected chi connectivity index (χ4v) is 1.54. The number of pyridine rings is 1. The maximum absolute atomic E-state index is 5.32. The van der Waals surface area contributed by atoms with Crippen LogP contribution in [-0.2, 0) is 6.42 Å². The van der Waals surface area contributed by atoms with Crippen LogP contribution in [0.1, 0.15) is 18.9 Å². The summed E-state index contributed by atoms with van der Waals surface area (Å²) in [4.78, 5) is 4.37. The summed E-state index contributed by atoms with van der Waals surface area (Å²) in [7, 11) is 0. The van der Waals surface area contributed by atoms with Gasteiger partial charge in [-0.1, -0.05) is 0 Å². The van der Waals surface area contributed by atoms with Gasteiger partial charge in [0.2, 0.25) is 5.88 Å². The van der Waals surface area contributed by atoms with E-state index in [4.69, 9.17) is 4.74 Å². The molecule has 2 rings (SSSR count). The predicted molar refractivity (Wildman–Crippen MR) is 52.2 cm³/mol. The van der Waals surface area contributed by atoms with Crippen molar-refractivity contribution in [3.63, 3.8) is 0 Å². The first-order valence-corrected chi connectivity index (χ1v) is 4.76. The maximum Gasteiger partial charge on any atom is 0.215 e. The lowest BCUT2D eigenvalue weighted by Crippen LogP contribution is -2.13. The molecule has 0 saturated heterocycles. The van der Waals surface area contributed by atoms with Gasteiger partial charge in [-0.05, 0) is 31.4 Å². The molecule has 0 fully saturated rings. The topological polar surface area (TPSA) is 34.1 Å². The van der Waals surface area contributed by atoms with Crippen LogP contribution >= 0.6 is 0 Å². The zero-order chi connectivity index (χ0) is 9.10. The van der Waals surface area contributed by atoms with Crippen LogP contribution in [0, 0.1) is 0 Å². The SMILES string of the molecule is CCOc1ccc2c(n1)NCCC2. The summed E-state index contributed by atoms with van der Waals surface area (Å²) in [6.07, 6.45) is 2.32. The Morgan fingerprint density at radius 3 is 3.31 bits per heavy atom. The Balaban J connectivity index is 2.24. The van der Waals surface area contributed by atoms with Crippen molar-refractivity contribution in [1.82, 2.24) is 4.98 Å². The number of nitrogens with zero attached hydrogens (tertiary/aromatic N) is 1. The van der Waals surface area contributed by atoms with Gasteiger partial charge >= 0.3 is 0 Å². The van der Waals surface area contributed by atoms with Gasteiger partial charge in [-0.3, -0.25) is 0 Å². The molecule has 13 heavy (non-hydrogen) atoms. The highest BCUT2D eigenvalue weighted by molar-refractivity contribution is 5.48. The number of hydrogen-bond acceptors (Lipinski definition) is 3. The molecular formula is C10H14N2O. The van der Waals surface area contributed by atoms with Crippen molar-refractivity contribution in [2.75, 3.05) is 18.5 Å². The fourth-order valence-electron chi connectivity index (χ4n) is 1.54. The molecule has 2 heterocycles. The second-order valence-corrected chi connectivity index (χ2v) is 3.12. The molecule has 1 aromatic rings. The van der Waals surface area contributed by atoms with E-state index in [9.17, 15) is 0 Å². The molecule has 1 aromatic heterocycles. The van der Waals surface area contributed by atoms with Gasteiger partial charge in [0.15, 0.2) is 0 Å². The standard InChI is InChI=1S/C10H14N2O/c1-2-13-9-6-5-8-4-3-7-11-10(8)12-9/h5-6H,2-4,7H2,1H3,(H,11,12). The fraction of sp³-hybridized carbons (Fsp3) is 0.500. The van der Waals surface area contributed by atoms with Crippen LogP contribution in [0.3, 0.4) is 0 Å². The number of aryl methyl sites for hydroxylation is 1. The van der Waals surface area contributed by atoms with E-state index in [2.05, 4.69) is 16.4 Å². The van der Waals surface area contributed by atoms with E-state index in [0.717, 1.165) is 24.7 Å². The van der Waals surface area contributed by atoms with Gasteiger partial charge in [0.05, 0.1) is 6.61 Å². The molecule has 0 aliphatic carbocycles. The third kappa shape index (κ3) is 1.74. The molecule has 0 atom stereocenters. The summed E-state index contributed by atoms with van der Waals surface area (Å²) in [6, 6.07) is 4.04. The summed E-state index contributed by atoms with van der Waals surface area (Å²) in [6.45, 7) is 3.66. The first-order valence-electron chi connectivity index (χ1n) is 4.76. The minimum atomic E-state index is 0.672. The third-order valence-electron chi connectivity index (χ3n) is 2.16. The molecule has 3 nitrogen and oxygen atoms in total. The lowest BCUT2D eigenvalue weighted by molar-refractivity contribution is 0.327. The highest BCUT2D eigenvalue weighted by atomic mass is 16.5. The number of nitrogens with one attached hydrogen (secondary N) is 1. The number of rotatable bonds is 2. The van der Waals surface area contributed by atoms with Crippen LogP contribution in [0.2, 0.25) is 0 Å². The lowest BCUT2D eigenvalue weighted by atomic mass is 10.1. The Morgan fingerprint density at radius 1 is 1.54 bits per heavy atom. The van der Waals surface area contributed by atoms with E-state index >= 15 is 0 Å². The molecule has 0 unspecified atom stereocenters. The molecular weight excluding hydrogens is 164 g/mol. The van der Waals surface area contributed by atoms with E-state index in [-0.39, 0.29) is 0 Å². The molecule has 0 radical (unpaired) electrons. The van der Waals surface area contributed by atoms with Crippen molar-refractivity contribution < 1.29 is 4.74 Å². The summed E-state index contributed by atoms with van der Waals surface area (Å²) in [5, 5.41) is 3.27. The molecule has 70 valence electrons. The number of hydrogen-bond donors (Lipinski definition) is 1. The van der Waals surface area contributed by atoms with E-state index in [1.165, 1.54) is 12.0 Å². The molecule has 0 amide bonds. The molecule has 1 N–H and O–H groups in total. The summed E-state index contributed by atoms with van der Waals surface area (Å²) in [5.41, 5.74) is 1.30. The first-order chi connectivity index (χ1) is 6.40. The Labute approximate surface area is 78.1 Å². The third-order valence-corrected chi connectivity index (χ3v) is 2.16. The summed E-state index contributed by atoms with van der Waals surface area (Å²) < 4.78 is 5.32. The van der Waals surface area contributed by atoms with Crippen LogP contribution in [0.4, 0.5) is 5.82 Å². The van der Waals surface area contributed by atoms with Gasteiger partial charge in [0, 0.05) is 12.6 Å². The van der Waals surface area contributed by atoms with E-state index < -0.39 is 0 Å². The van der Waals surface area contributed by atoms with Crippen molar-refractivity contribution in [2.24, 2.45) is 0 Å². The molecule has 0 spiro atoms. The minimum Gasteiger partial charge on any atom is -0.478 e. The smallest absolute Gasteiger partial charge is 0.215 e. The Bertz CT molecular complexity index is 299. The van der Waals surface area contributed by atoms with Crippen molar-refractivity contribution in [3.05, 3.63) is 17.7 Å². The number of fused-ring (bicyclic) bond motifs is 1. The molecule has 1 aliphatic heterocycles. The highest BCUT2D eigenvalue weighted by Gasteiger charge is 2.09. The second kappa shape index (κ2) is 3.64. The maximum atomic E-state index is 5.32. The van der Waals surface area contributed by atoms with Crippen molar-refractivity contribution >= 4 is 5.82 Å². The zero-order valence-electron chi connectivity index (χ0n) is 7.84. The second-order valence-electron chi connectivity index (χ2n) is 3.12. The molecule has 0 aromatic carbocycles. The van der Waals surface area contributed by atoms with Gasteiger partial charge in [-0.15, -0.1) is 0 Å². The normalized spacial score (nSPS) is 14.5. The van der Waals surface area contributed by atoms with Crippen LogP contribution in [0.15, 0.2) is 12.1 Å². The Hall–Kier alpha value is -1.25. The average Bonchev–Trinajstić information content (AvgIpc) is 2.18. The summed E-state index contributed by atoms with van der Waals surface area (Å²) in [5.74, 6) is 1.72. The van der Waals surface area contributed by atoms with Gasteiger partial charge in [0.25, 0.3) is 0 Å². The van der Waals surface area contributed by atoms with Crippen LogP contribution in [0.5, 0.6) is 5.88 Å². The van der Waals surface area contributed by atoms with E-state index in [1.807, 2.05) is 13.0 Å². The van der Waals surface area contributed by atoms with Gasteiger partial charge in [0.1, 0.15) is 5.82 Å². The molecule has 0 bridgehead atoms. The lowest BCUT2D eigenvalue weighted by Gasteiger charge is -2.17. The average molecular weight is 178 g/mol. The van der Waals surface area contributed by atoms with E-state index in [1.54, 1.807) is 0 Å². The number of aromatic nitrogens is 1. The Morgan fingerprint density at radius 2 is 2.46 bits per heavy atom. The number of anilines is 1. The minimum absolute atomic E-state index is 0.672. The Kier molecular flexibility index (Phi) is 2.34. The number of ether oxygens (including phenoxy) is 1. The van der Waals surface area contributed by atoms with Crippen molar-refractivity contribution in [1.29, 1.82) is 0 Å². The monoisotopic (exact) mass is 178 g/mol. The van der Waals surface area contributed by atoms with E-state index in [0.29, 0.717) is 6.61 Å². The largest absolute Gasteiger partial charge is 0.478 e. The van der Waals surface area contributed by atoms with Gasteiger partial charge < -0.3 is 10.1 Å². The van der Waals surface area contributed by atoms with Crippen LogP contribution in [-0.4, -0.2) is 18.1 Å². The molecule has 0 saturated carbocycles. The van der Waals surface area contributed by atoms with Crippen LogP contribution < -0.4 is 10.1 Å². The highest BCUT2D eigenvalue weighted by Crippen LogP contribution is 2.22. The summed E-state index contributed by atoms with van der Waals surface area (Å²) >= 11 is 0. The van der Waals surface area contributed by atoms with Crippen molar-refractivity contribution in [2.45, 2.75) is 19.8 Å². The quantitative estimate of drug-likeness (QED) is 0.750. The predicted octanol–water partition coefficient (Wildman–Crippen LogP) is 1.84. The molecule has 3 heteroatoms.